The molecule has 0 spiro atoms. The van der Waals surface area contributed by atoms with Gasteiger partial charge in [0.2, 0.25) is 5.91 Å². The Morgan fingerprint density at radius 1 is 1.04 bits per heavy atom. The SMILES string of the molecule is N#Cc1ccccc1OCC(=O)NNC(=O)CCC(=O)c1cccs1. The Labute approximate surface area is 148 Å². The highest BCUT2D eigenvalue weighted by Gasteiger charge is 2.11. The molecule has 0 saturated heterocycles. The summed E-state index contributed by atoms with van der Waals surface area (Å²) in [5.41, 5.74) is 4.72. The van der Waals surface area contributed by atoms with Crippen molar-refractivity contribution in [3.8, 4) is 11.8 Å². The molecule has 8 heteroatoms. The number of nitrogens with one attached hydrogen (secondary N) is 2. The average Bonchev–Trinajstić information content (AvgIpc) is 3.17. The molecule has 0 atom stereocenters. The number of Topliss-reactive ketones (excluding diaryl/α,β-unsaturated/α-hetero) is 1. The van der Waals surface area contributed by atoms with Gasteiger partial charge in [0.15, 0.2) is 12.4 Å². The molecular weight excluding hydrogens is 342 g/mol. The minimum absolute atomic E-state index is 0.0326. The largest absolute Gasteiger partial charge is 0.482 e. The molecule has 0 bridgehead atoms. The molecule has 0 aliphatic rings. The Balaban J connectivity index is 1.68. The van der Waals surface area contributed by atoms with Crippen LogP contribution in [0.25, 0.3) is 0 Å². The molecule has 2 rings (SSSR count). The number of rotatable bonds is 7. The maximum atomic E-state index is 11.8. The third-order valence-corrected chi connectivity index (χ3v) is 3.99. The maximum absolute atomic E-state index is 11.8. The molecule has 1 heterocycles. The first-order valence-electron chi connectivity index (χ1n) is 7.36. The highest BCUT2D eigenvalue weighted by molar-refractivity contribution is 7.12. The number of nitrogens with zero attached hydrogens (tertiary/aromatic N) is 1. The molecule has 2 aromatic rings. The van der Waals surface area contributed by atoms with E-state index in [0.717, 1.165) is 0 Å². The van der Waals surface area contributed by atoms with E-state index in [4.69, 9.17) is 10.00 Å². The first kappa shape index (κ1) is 18.2. The second kappa shape index (κ2) is 9.20. The van der Waals surface area contributed by atoms with Crippen molar-refractivity contribution in [1.29, 1.82) is 5.26 Å². The van der Waals surface area contributed by atoms with Crippen LogP contribution in [0.15, 0.2) is 41.8 Å². The van der Waals surface area contributed by atoms with Gasteiger partial charge in [-0.3, -0.25) is 25.2 Å². The number of thiophene rings is 1. The number of hydrogen-bond acceptors (Lipinski definition) is 6. The molecule has 1 aromatic heterocycles. The van der Waals surface area contributed by atoms with Gasteiger partial charge in [0.1, 0.15) is 11.8 Å². The Morgan fingerprint density at radius 3 is 2.52 bits per heavy atom. The number of ketones is 1. The van der Waals surface area contributed by atoms with Gasteiger partial charge in [0.25, 0.3) is 5.91 Å². The van der Waals surface area contributed by atoms with Crippen LogP contribution in [0.1, 0.15) is 28.1 Å². The van der Waals surface area contributed by atoms with Crippen LogP contribution in [0, 0.1) is 11.3 Å². The average molecular weight is 357 g/mol. The van der Waals surface area contributed by atoms with Gasteiger partial charge in [-0.2, -0.15) is 5.26 Å². The van der Waals surface area contributed by atoms with E-state index in [0.29, 0.717) is 10.4 Å². The number of amides is 2. The van der Waals surface area contributed by atoms with Crippen molar-refractivity contribution in [3.63, 3.8) is 0 Å². The van der Waals surface area contributed by atoms with Crippen LogP contribution in [0.2, 0.25) is 0 Å². The van der Waals surface area contributed by atoms with Gasteiger partial charge in [0.05, 0.1) is 10.4 Å². The molecule has 0 saturated carbocycles. The molecule has 2 N–H and O–H groups in total. The van der Waals surface area contributed by atoms with E-state index in [9.17, 15) is 14.4 Å². The number of benzene rings is 1. The molecule has 128 valence electrons. The summed E-state index contributed by atoms with van der Waals surface area (Å²) in [5.74, 6) is -0.887. The van der Waals surface area contributed by atoms with Crippen LogP contribution < -0.4 is 15.6 Å². The summed E-state index contributed by atoms with van der Waals surface area (Å²) in [6, 6.07) is 11.9. The highest BCUT2D eigenvalue weighted by atomic mass is 32.1. The lowest BCUT2D eigenvalue weighted by Crippen LogP contribution is -2.43. The number of carbonyl (C=O) groups excluding carboxylic acids is 3. The van der Waals surface area contributed by atoms with Gasteiger partial charge in [-0.25, -0.2) is 0 Å². The number of ether oxygens (including phenoxy) is 1. The monoisotopic (exact) mass is 357 g/mol. The van der Waals surface area contributed by atoms with E-state index in [2.05, 4.69) is 10.9 Å². The lowest BCUT2D eigenvalue weighted by atomic mass is 10.2. The van der Waals surface area contributed by atoms with E-state index in [1.54, 1.807) is 41.8 Å². The summed E-state index contributed by atoms with van der Waals surface area (Å²) in [4.78, 5) is 35.6. The molecule has 25 heavy (non-hydrogen) atoms. The van der Waals surface area contributed by atoms with Crippen molar-refractivity contribution in [3.05, 3.63) is 52.2 Å². The third kappa shape index (κ3) is 5.75. The molecule has 7 nitrogen and oxygen atoms in total. The highest BCUT2D eigenvalue weighted by Crippen LogP contribution is 2.16. The van der Waals surface area contributed by atoms with E-state index in [-0.39, 0.29) is 31.0 Å². The predicted octanol–water partition coefficient (Wildman–Crippen LogP) is 1.81. The van der Waals surface area contributed by atoms with Crippen LogP contribution in [0.5, 0.6) is 5.75 Å². The van der Waals surface area contributed by atoms with Crippen LogP contribution in [-0.4, -0.2) is 24.2 Å². The second-order valence-corrected chi connectivity index (χ2v) is 5.84. The smallest absolute Gasteiger partial charge is 0.276 e. The number of para-hydroxylation sites is 1. The summed E-state index contributed by atoms with van der Waals surface area (Å²) < 4.78 is 5.23. The number of nitriles is 1. The number of hydrogen-bond donors (Lipinski definition) is 2. The van der Waals surface area contributed by atoms with Gasteiger partial charge < -0.3 is 4.74 Å². The summed E-state index contributed by atoms with van der Waals surface area (Å²) in [5, 5.41) is 10.7. The van der Waals surface area contributed by atoms with Crippen molar-refractivity contribution in [2.75, 3.05) is 6.61 Å². The Hall–Kier alpha value is -3.18. The van der Waals surface area contributed by atoms with Gasteiger partial charge in [-0.15, -0.1) is 11.3 Å². The Morgan fingerprint density at radius 2 is 1.80 bits per heavy atom. The first-order chi connectivity index (χ1) is 12.1. The lowest BCUT2D eigenvalue weighted by Gasteiger charge is -2.09. The zero-order chi connectivity index (χ0) is 18.1. The number of hydrazine groups is 1. The Kier molecular flexibility index (Phi) is 6.68. The summed E-state index contributed by atoms with van der Waals surface area (Å²) in [6.45, 7) is -0.354. The number of carbonyl (C=O) groups is 3. The fourth-order valence-corrected chi connectivity index (χ4v) is 2.55. The predicted molar refractivity (Wildman–Crippen MR) is 90.8 cm³/mol. The summed E-state index contributed by atoms with van der Waals surface area (Å²) in [6.07, 6.45) is 0.0311. The molecule has 0 unspecified atom stereocenters. The van der Waals surface area contributed by atoms with Crippen molar-refractivity contribution in [2.45, 2.75) is 12.8 Å². The van der Waals surface area contributed by atoms with Crippen LogP contribution >= 0.6 is 11.3 Å². The zero-order valence-corrected chi connectivity index (χ0v) is 14.0. The van der Waals surface area contributed by atoms with Gasteiger partial charge >= 0.3 is 0 Å². The second-order valence-electron chi connectivity index (χ2n) is 4.89. The molecular formula is C17H15N3O4S. The minimum atomic E-state index is -0.578. The van der Waals surface area contributed by atoms with Crippen LogP contribution in [0.3, 0.4) is 0 Å². The van der Waals surface area contributed by atoms with Gasteiger partial charge in [0, 0.05) is 12.8 Å². The fraction of sp³-hybridized carbons (Fsp3) is 0.176. The molecule has 0 fully saturated rings. The normalized spacial score (nSPS) is 9.72. The fourth-order valence-electron chi connectivity index (χ4n) is 1.85. The molecule has 0 aliphatic carbocycles. The van der Waals surface area contributed by atoms with E-state index < -0.39 is 11.8 Å². The topological polar surface area (TPSA) is 108 Å². The quantitative estimate of drug-likeness (QED) is 0.580. The van der Waals surface area contributed by atoms with E-state index in [1.165, 1.54) is 11.3 Å². The minimum Gasteiger partial charge on any atom is -0.482 e. The van der Waals surface area contributed by atoms with Crippen molar-refractivity contribution in [2.24, 2.45) is 0 Å². The van der Waals surface area contributed by atoms with Crippen LogP contribution in [0.4, 0.5) is 0 Å². The van der Waals surface area contributed by atoms with Crippen molar-refractivity contribution in [1.82, 2.24) is 10.9 Å². The molecule has 0 radical (unpaired) electrons. The lowest BCUT2D eigenvalue weighted by molar-refractivity contribution is -0.130. The van der Waals surface area contributed by atoms with E-state index >= 15 is 0 Å². The van der Waals surface area contributed by atoms with E-state index in [1.807, 2.05) is 6.07 Å². The summed E-state index contributed by atoms with van der Waals surface area (Å²) >= 11 is 1.32. The maximum Gasteiger partial charge on any atom is 0.276 e. The third-order valence-electron chi connectivity index (χ3n) is 3.08. The van der Waals surface area contributed by atoms with Crippen LogP contribution in [-0.2, 0) is 9.59 Å². The molecule has 1 aromatic carbocycles. The standard InChI is InChI=1S/C17H15N3O4S/c18-10-12-4-1-2-5-14(12)24-11-17(23)20-19-16(22)8-7-13(21)15-6-3-9-25-15/h1-6,9H,7-8,11H2,(H,19,22)(H,20,23). The van der Waals surface area contributed by atoms with Gasteiger partial charge in [-0.1, -0.05) is 18.2 Å². The van der Waals surface area contributed by atoms with Crippen molar-refractivity contribution >= 4 is 28.9 Å². The summed E-state index contributed by atoms with van der Waals surface area (Å²) in [7, 11) is 0. The van der Waals surface area contributed by atoms with Crippen molar-refractivity contribution < 1.29 is 19.1 Å². The molecule has 2 amide bonds. The first-order valence-corrected chi connectivity index (χ1v) is 8.24. The Bertz CT molecular complexity index is 796. The zero-order valence-electron chi connectivity index (χ0n) is 13.2. The molecule has 0 aliphatic heterocycles. The van der Waals surface area contributed by atoms with Gasteiger partial charge in [-0.05, 0) is 23.6 Å².